The lowest BCUT2D eigenvalue weighted by atomic mass is 10.1. The number of aliphatic imine (C=N–C) groups is 1. The van der Waals surface area contributed by atoms with Crippen LogP contribution in [0.1, 0.15) is 13.9 Å². The van der Waals surface area contributed by atoms with Gasteiger partial charge in [-0.2, -0.15) is 0 Å². The Morgan fingerprint density at radius 3 is 2.78 bits per heavy atom. The average Bonchev–Trinajstić information content (AvgIpc) is 2.58. The lowest BCUT2D eigenvalue weighted by Gasteiger charge is -2.32. The zero-order valence-corrected chi connectivity index (χ0v) is 14.0. The first-order valence-electron chi connectivity index (χ1n) is 8.02. The van der Waals surface area contributed by atoms with Gasteiger partial charge in [0.1, 0.15) is 12.4 Å². The van der Waals surface area contributed by atoms with Crippen LogP contribution in [0.2, 0.25) is 0 Å². The number of terminal acetylenes is 1. The summed E-state index contributed by atoms with van der Waals surface area (Å²) in [4.78, 5) is 9.10. The third kappa shape index (κ3) is 5.24. The van der Waals surface area contributed by atoms with Gasteiger partial charge in [0.25, 0.3) is 0 Å². The van der Waals surface area contributed by atoms with Crippen LogP contribution >= 0.6 is 0 Å². The van der Waals surface area contributed by atoms with E-state index in [2.05, 4.69) is 27.8 Å². The molecule has 0 radical (unpaired) electrons. The van der Waals surface area contributed by atoms with Gasteiger partial charge in [0.05, 0.1) is 11.9 Å². The van der Waals surface area contributed by atoms with Crippen LogP contribution in [0.4, 0.5) is 0 Å². The molecule has 23 heavy (non-hydrogen) atoms. The summed E-state index contributed by atoms with van der Waals surface area (Å²) in [6.45, 7) is 8.03. The maximum absolute atomic E-state index is 6.01. The molecule has 0 amide bonds. The van der Waals surface area contributed by atoms with Crippen molar-refractivity contribution in [3.63, 3.8) is 0 Å². The lowest BCUT2D eigenvalue weighted by Crippen LogP contribution is -2.45. The maximum Gasteiger partial charge on any atom is 0.128 e. The molecule has 1 aromatic carbocycles. The summed E-state index contributed by atoms with van der Waals surface area (Å²) < 4.78 is 6.01. The highest BCUT2D eigenvalue weighted by atomic mass is 16.5. The molecule has 1 heterocycles. The van der Waals surface area contributed by atoms with Gasteiger partial charge < -0.3 is 9.64 Å². The van der Waals surface area contributed by atoms with Crippen molar-refractivity contribution in [1.29, 1.82) is 0 Å². The van der Waals surface area contributed by atoms with Crippen molar-refractivity contribution < 1.29 is 6.16 Å². The molecule has 1 aliphatic heterocycles. The van der Waals surface area contributed by atoms with E-state index in [1.165, 1.54) is 6.21 Å². The van der Waals surface area contributed by atoms with Crippen LogP contribution in [-0.4, -0.2) is 62.4 Å². The SMILES string of the molecule is C#CC=N/C(=C\C)c1ccccc1OCCN1CCN(C)CC1.[HH]. The van der Waals surface area contributed by atoms with E-state index in [1.807, 2.05) is 37.3 Å². The molecule has 0 bridgehead atoms. The number of likely N-dealkylation sites (N-methyl/N-ethyl adjacent to an activating group) is 1. The second-order valence-electron chi connectivity index (χ2n) is 5.59. The largest absolute Gasteiger partial charge is 0.492 e. The van der Waals surface area contributed by atoms with Crippen LogP contribution in [0.25, 0.3) is 5.70 Å². The van der Waals surface area contributed by atoms with E-state index < -0.39 is 0 Å². The Morgan fingerprint density at radius 2 is 2.09 bits per heavy atom. The lowest BCUT2D eigenvalue weighted by molar-refractivity contribution is 0.133. The van der Waals surface area contributed by atoms with E-state index in [-0.39, 0.29) is 1.43 Å². The van der Waals surface area contributed by atoms with Crippen LogP contribution in [-0.2, 0) is 0 Å². The second-order valence-corrected chi connectivity index (χ2v) is 5.59. The standard InChI is InChI=1S/C19H25N3O.H2/c1-4-10-20-18(5-2)17-8-6-7-9-19(17)23-16-15-22-13-11-21(3)12-14-22;/h1,5-10H,11-16H2,2-3H3;1H/b18-5-,20-10?;. The van der Waals surface area contributed by atoms with Gasteiger partial charge in [-0.15, -0.1) is 6.42 Å². The van der Waals surface area contributed by atoms with Gasteiger partial charge >= 0.3 is 0 Å². The Hall–Kier alpha value is -2.09. The second kappa shape index (κ2) is 9.14. The minimum Gasteiger partial charge on any atom is -0.492 e. The first-order chi connectivity index (χ1) is 11.2. The van der Waals surface area contributed by atoms with Crippen LogP contribution in [0.15, 0.2) is 35.3 Å². The van der Waals surface area contributed by atoms with Gasteiger partial charge in [-0.1, -0.05) is 24.1 Å². The number of para-hydroxylation sites is 1. The summed E-state index contributed by atoms with van der Waals surface area (Å²) >= 11 is 0. The Balaban J connectivity index is 0.00000288. The van der Waals surface area contributed by atoms with E-state index in [9.17, 15) is 0 Å². The quantitative estimate of drug-likeness (QED) is 0.597. The first-order valence-corrected chi connectivity index (χ1v) is 8.02. The van der Waals surface area contributed by atoms with E-state index >= 15 is 0 Å². The Labute approximate surface area is 140 Å². The van der Waals surface area contributed by atoms with Crippen molar-refractivity contribution in [2.75, 3.05) is 46.4 Å². The number of nitrogens with zero attached hydrogens (tertiary/aromatic N) is 3. The number of hydrogen-bond donors (Lipinski definition) is 0. The molecule has 1 fully saturated rings. The minimum absolute atomic E-state index is 0. The smallest absolute Gasteiger partial charge is 0.128 e. The summed E-state index contributed by atoms with van der Waals surface area (Å²) in [7, 11) is 2.17. The summed E-state index contributed by atoms with van der Waals surface area (Å²) in [5, 5.41) is 0. The van der Waals surface area contributed by atoms with Crippen LogP contribution in [0.3, 0.4) is 0 Å². The predicted octanol–water partition coefficient (Wildman–Crippen LogP) is 2.62. The first kappa shape index (κ1) is 17.3. The fraction of sp³-hybridized carbons (Fsp3) is 0.421. The van der Waals surface area contributed by atoms with Crippen molar-refractivity contribution in [2.24, 2.45) is 4.99 Å². The molecule has 124 valence electrons. The molecule has 1 aromatic rings. The monoisotopic (exact) mass is 313 g/mol. The highest BCUT2D eigenvalue weighted by Crippen LogP contribution is 2.26. The zero-order chi connectivity index (χ0) is 16.5. The summed E-state index contributed by atoms with van der Waals surface area (Å²) in [6, 6.07) is 7.95. The molecule has 4 heteroatoms. The van der Waals surface area contributed by atoms with Crippen molar-refractivity contribution in [3.05, 3.63) is 35.9 Å². The Morgan fingerprint density at radius 1 is 1.35 bits per heavy atom. The van der Waals surface area contributed by atoms with Gasteiger partial charge in [0.2, 0.25) is 0 Å². The molecule has 0 aliphatic carbocycles. The van der Waals surface area contributed by atoms with Crippen molar-refractivity contribution in [1.82, 2.24) is 9.80 Å². The fourth-order valence-corrected chi connectivity index (χ4v) is 2.57. The van der Waals surface area contributed by atoms with E-state index in [0.717, 1.165) is 49.7 Å². The third-order valence-corrected chi connectivity index (χ3v) is 3.98. The van der Waals surface area contributed by atoms with E-state index in [1.54, 1.807) is 0 Å². The molecule has 1 aliphatic rings. The molecule has 0 aromatic heterocycles. The van der Waals surface area contributed by atoms with Crippen molar-refractivity contribution >= 4 is 11.9 Å². The molecule has 0 N–H and O–H groups in total. The van der Waals surface area contributed by atoms with Crippen molar-refractivity contribution in [3.8, 4) is 18.1 Å². The average molecular weight is 313 g/mol. The maximum atomic E-state index is 6.01. The number of piperazine rings is 1. The molecular formula is C19H27N3O. The molecule has 1 saturated heterocycles. The van der Waals surface area contributed by atoms with E-state index in [0.29, 0.717) is 6.61 Å². The minimum atomic E-state index is 0. The molecule has 2 rings (SSSR count). The number of hydrogen-bond acceptors (Lipinski definition) is 4. The topological polar surface area (TPSA) is 28.1 Å². The molecule has 4 nitrogen and oxygen atoms in total. The molecule has 0 atom stereocenters. The number of rotatable bonds is 6. The summed E-state index contributed by atoms with van der Waals surface area (Å²) in [6.07, 6.45) is 8.66. The molecule has 0 saturated carbocycles. The molecular weight excluding hydrogens is 286 g/mol. The van der Waals surface area contributed by atoms with Gasteiger partial charge in [0, 0.05) is 39.7 Å². The summed E-state index contributed by atoms with van der Waals surface area (Å²) in [5.41, 5.74) is 1.80. The van der Waals surface area contributed by atoms with Crippen molar-refractivity contribution in [2.45, 2.75) is 6.92 Å². The highest BCUT2D eigenvalue weighted by Gasteiger charge is 2.14. The normalized spacial score (nSPS) is 17.3. The third-order valence-electron chi connectivity index (χ3n) is 3.98. The Bertz CT molecular complexity index is 599. The molecule has 0 unspecified atom stereocenters. The fourth-order valence-electron chi connectivity index (χ4n) is 2.57. The van der Waals surface area contributed by atoms with E-state index in [4.69, 9.17) is 11.2 Å². The summed E-state index contributed by atoms with van der Waals surface area (Å²) in [5.74, 6) is 3.28. The van der Waals surface area contributed by atoms with Gasteiger partial charge in [-0.3, -0.25) is 4.90 Å². The predicted molar refractivity (Wildman–Crippen MR) is 99.0 cm³/mol. The number of allylic oxidation sites excluding steroid dienone is 1. The van der Waals surface area contributed by atoms with Gasteiger partial charge in [-0.25, -0.2) is 4.99 Å². The Kier molecular flexibility index (Phi) is 6.86. The number of benzene rings is 1. The van der Waals surface area contributed by atoms with Crippen LogP contribution < -0.4 is 4.74 Å². The highest BCUT2D eigenvalue weighted by molar-refractivity contribution is 5.84. The number of ether oxygens (including phenoxy) is 1. The van der Waals surface area contributed by atoms with Crippen LogP contribution in [0.5, 0.6) is 5.75 Å². The molecule has 0 spiro atoms. The van der Waals surface area contributed by atoms with Crippen LogP contribution in [0, 0.1) is 12.3 Å². The zero-order valence-electron chi connectivity index (χ0n) is 14.0. The van der Waals surface area contributed by atoms with Gasteiger partial charge in [-0.05, 0) is 26.1 Å². The van der Waals surface area contributed by atoms with Gasteiger partial charge in [0.15, 0.2) is 0 Å².